The molecule has 1 N–H and O–H groups in total. The van der Waals surface area contributed by atoms with Gasteiger partial charge in [-0.2, -0.15) is 10.1 Å². The molecule has 86 valence electrons. The van der Waals surface area contributed by atoms with Crippen molar-refractivity contribution in [1.82, 2.24) is 30.2 Å². The Kier molecular flexibility index (Phi) is 3.25. The number of aromatic nitrogens is 5. The Labute approximate surface area is 92.9 Å². The molecular formula is C9H14N6O. The monoisotopic (exact) mass is 222 g/mol. The summed E-state index contributed by atoms with van der Waals surface area (Å²) < 4.78 is 6.70. The summed E-state index contributed by atoms with van der Waals surface area (Å²) in [5.74, 6) is 2.14. The van der Waals surface area contributed by atoms with Gasteiger partial charge in [0.2, 0.25) is 5.89 Å². The first-order valence-corrected chi connectivity index (χ1v) is 5.16. The Bertz CT molecular complexity index is 448. The first kappa shape index (κ1) is 10.7. The summed E-state index contributed by atoms with van der Waals surface area (Å²) in [6.45, 7) is 5.82. The first-order chi connectivity index (χ1) is 7.79. The van der Waals surface area contributed by atoms with Gasteiger partial charge in [0.1, 0.15) is 12.2 Å². The summed E-state index contributed by atoms with van der Waals surface area (Å²) in [5.41, 5.74) is 0. The summed E-state index contributed by atoms with van der Waals surface area (Å²) in [6.07, 6.45) is 1.55. The molecule has 0 aliphatic heterocycles. The van der Waals surface area contributed by atoms with Crippen LogP contribution < -0.4 is 5.32 Å². The van der Waals surface area contributed by atoms with Gasteiger partial charge in [-0.15, -0.1) is 0 Å². The number of hydrogen-bond donors (Lipinski definition) is 1. The third-order valence-electron chi connectivity index (χ3n) is 2.13. The molecule has 2 aromatic rings. The van der Waals surface area contributed by atoms with Gasteiger partial charge < -0.3 is 9.84 Å². The number of nitrogens with one attached hydrogen (secondary N) is 1. The van der Waals surface area contributed by atoms with Crippen molar-refractivity contribution in [3.8, 4) is 0 Å². The molecule has 7 heteroatoms. The van der Waals surface area contributed by atoms with E-state index < -0.39 is 0 Å². The average Bonchev–Trinajstić information content (AvgIpc) is 2.87. The second kappa shape index (κ2) is 4.84. The van der Waals surface area contributed by atoms with Crippen molar-refractivity contribution in [3.63, 3.8) is 0 Å². The Hall–Kier alpha value is -1.76. The molecule has 0 atom stereocenters. The summed E-state index contributed by atoms with van der Waals surface area (Å²) in [7, 11) is 0. The SMILES string of the molecule is CCn1ncnc1CNCc1noc(C)n1. The van der Waals surface area contributed by atoms with E-state index in [2.05, 4.69) is 25.5 Å². The highest BCUT2D eigenvalue weighted by Gasteiger charge is 2.04. The maximum atomic E-state index is 4.86. The second-order valence-corrected chi connectivity index (χ2v) is 3.33. The van der Waals surface area contributed by atoms with Crippen molar-refractivity contribution in [3.05, 3.63) is 23.9 Å². The minimum absolute atomic E-state index is 0.563. The minimum atomic E-state index is 0.563. The average molecular weight is 222 g/mol. The predicted octanol–water partition coefficient (Wildman–Crippen LogP) is 0.279. The largest absolute Gasteiger partial charge is 0.340 e. The normalized spacial score (nSPS) is 10.9. The zero-order valence-electron chi connectivity index (χ0n) is 9.34. The lowest BCUT2D eigenvalue weighted by Gasteiger charge is -2.02. The fraction of sp³-hybridized carbons (Fsp3) is 0.556. The van der Waals surface area contributed by atoms with Crippen molar-refractivity contribution in [2.24, 2.45) is 0 Å². The van der Waals surface area contributed by atoms with Crippen LogP contribution in [0.4, 0.5) is 0 Å². The zero-order valence-corrected chi connectivity index (χ0v) is 9.34. The number of rotatable bonds is 5. The molecule has 0 spiro atoms. The molecule has 0 aliphatic carbocycles. The van der Waals surface area contributed by atoms with Crippen molar-refractivity contribution in [2.45, 2.75) is 33.5 Å². The fourth-order valence-corrected chi connectivity index (χ4v) is 1.39. The van der Waals surface area contributed by atoms with Gasteiger partial charge >= 0.3 is 0 Å². The van der Waals surface area contributed by atoms with Gasteiger partial charge in [-0.1, -0.05) is 5.16 Å². The van der Waals surface area contributed by atoms with Crippen molar-refractivity contribution >= 4 is 0 Å². The molecule has 2 heterocycles. The quantitative estimate of drug-likeness (QED) is 0.782. The van der Waals surface area contributed by atoms with E-state index in [1.54, 1.807) is 13.3 Å². The summed E-state index contributed by atoms with van der Waals surface area (Å²) in [6, 6.07) is 0. The number of aryl methyl sites for hydroxylation is 2. The van der Waals surface area contributed by atoms with E-state index >= 15 is 0 Å². The maximum Gasteiger partial charge on any atom is 0.223 e. The van der Waals surface area contributed by atoms with E-state index in [0.29, 0.717) is 24.8 Å². The van der Waals surface area contributed by atoms with Gasteiger partial charge in [-0.25, -0.2) is 9.67 Å². The van der Waals surface area contributed by atoms with Gasteiger partial charge in [0, 0.05) is 13.5 Å². The Morgan fingerprint density at radius 3 is 3.00 bits per heavy atom. The van der Waals surface area contributed by atoms with Crippen molar-refractivity contribution in [2.75, 3.05) is 0 Å². The topological polar surface area (TPSA) is 81.7 Å². The molecule has 0 saturated carbocycles. The molecule has 16 heavy (non-hydrogen) atoms. The van der Waals surface area contributed by atoms with E-state index in [9.17, 15) is 0 Å². The van der Waals surface area contributed by atoms with Crippen LogP contribution in [0, 0.1) is 6.92 Å². The van der Waals surface area contributed by atoms with E-state index in [1.807, 2.05) is 11.6 Å². The number of nitrogens with zero attached hydrogens (tertiary/aromatic N) is 5. The fourth-order valence-electron chi connectivity index (χ4n) is 1.39. The molecule has 7 nitrogen and oxygen atoms in total. The standard InChI is InChI=1S/C9H14N6O/c1-3-15-9(11-6-12-15)5-10-4-8-13-7(2)16-14-8/h6,10H,3-5H2,1-2H3. The van der Waals surface area contributed by atoms with Crippen LogP contribution in [-0.2, 0) is 19.6 Å². The lowest BCUT2D eigenvalue weighted by molar-refractivity contribution is 0.385. The Morgan fingerprint density at radius 2 is 2.31 bits per heavy atom. The predicted molar refractivity (Wildman–Crippen MR) is 55.3 cm³/mol. The molecule has 0 aromatic carbocycles. The molecule has 2 rings (SSSR count). The van der Waals surface area contributed by atoms with Gasteiger partial charge in [0.05, 0.1) is 13.1 Å². The van der Waals surface area contributed by atoms with Crippen LogP contribution >= 0.6 is 0 Å². The van der Waals surface area contributed by atoms with Gasteiger partial charge in [-0.3, -0.25) is 0 Å². The summed E-state index contributed by atoms with van der Waals surface area (Å²) in [5, 5.41) is 11.0. The molecule has 0 radical (unpaired) electrons. The molecule has 2 aromatic heterocycles. The van der Waals surface area contributed by atoms with E-state index in [-0.39, 0.29) is 0 Å². The van der Waals surface area contributed by atoms with E-state index in [4.69, 9.17) is 4.52 Å². The molecular weight excluding hydrogens is 208 g/mol. The molecule has 0 fully saturated rings. The van der Waals surface area contributed by atoms with E-state index in [1.165, 1.54) is 0 Å². The smallest absolute Gasteiger partial charge is 0.223 e. The number of hydrogen-bond acceptors (Lipinski definition) is 6. The third-order valence-corrected chi connectivity index (χ3v) is 2.13. The Balaban J connectivity index is 1.84. The van der Waals surface area contributed by atoms with Crippen molar-refractivity contribution < 1.29 is 4.52 Å². The van der Waals surface area contributed by atoms with Gasteiger partial charge in [-0.05, 0) is 6.92 Å². The summed E-state index contributed by atoms with van der Waals surface area (Å²) in [4.78, 5) is 8.24. The molecule has 0 amide bonds. The second-order valence-electron chi connectivity index (χ2n) is 3.33. The van der Waals surface area contributed by atoms with Crippen LogP contribution in [0.3, 0.4) is 0 Å². The van der Waals surface area contributed by atoms with Gasteiger partial charge in [0.25, 0.3) is 0 Å². The van der Waals surface area contributed by atoms with Crippen LogP contribution in [0.2, 0.25) is 0 Å². The van der Waals surface area contributed by atoms with Crippen LogP contribution in [0.5, 0.6) is 0 Å². The van der Waals surface area contributed by atoms with Crippen LogP contribution in [0.15, 0.2) is 10.9 Å². The third kappa shape index (κ3) is 2.43. The van der Waals surface area contributed by atoms with E-state index in [0.717, 1.165) is 12.4 Å². The molecule has 0 saturated heterocycles. The zero-order chi connectivity index (χ0) is 11.4. The lowest BCUT2D eigenvalue weighted by atomic mass is 10.5. The van der Waals surface area contributed by atoms with Crippen LogP contribution in [0.1, 0.15) is 24.5 Å². The van der Waals surface area contributed by atoms with Crippen molar-refractivity contribution in [1.29, 1.82) is 0 Å². The lowest BCUT2D eigenvalue weighted by Crippen LogP contribution is -2.17. The first-order valence-electron chi connectivity index (χ1n) is 5.16. The highest BCUT2D eigenvalue weighted by molar-refractivity contribution is 4.86. The summed E-state index contributed by atoms with van der Waals surface area (Å²) >= 11 is 0. The minimum Gasteiger partial charge on any atom is -0.340 e. The molecule has 0 aliphatic rings. The molecule has 0 unspecified atom stereocenters. The van der Waals surface area contributed by atoms with Crippen LogP contribution in [-0.4, -0.2) is 24.9 Å². The van der Waals surface area contributed by atoms with Crippen LogP contribution in [0.25, 0.3) is 0 Å². The highest BCUT2D eigenvalue weighted by atomic mass is 16.5. The molecule has 0 bridgehead atoms. The Morgan fingerprint density at radius 1 is 1.44 bits per heavy atom. The van der Waals surface area contributed by atoms with Gasteiger partial charge in [0.15, 0.2) is 5.82 Å². The highest BCUT2D eigenvalue weighted by Crippen LogP contribution is 1.96. The maximum absolute atomic E-state index is 4.86.